The number of benzene rings is 1. The number of hydrogen-bond acceptors (Lipinski definition) is 5. The Kier molecular flexibility index (Phi) is 5.58. The van der Waals surface area contributed by atoms with Crippen LogP contribution in [0, 0.1) is 0 Å². The molecular formula is C14H20N4OS. The van der Waals surface area contributed by atoms with Gasteiger partial charge in [-0.05, 0) is 12.0 Å². The van der Waals surface area contributed by atoms with Crippen molar-refractivity contribution >= 4 is 11.8 Å². The Balaban J connectivity index is 2.14. The molecule has 0 unspecified atom stereocenters. The maximum Gasteiger partial charge on any atom is 0.191 e. The highest BCUT2D eigenvalue weighted by atomic mass is 32.2. The molecule has 108 valence electrons. The van der Waals surface area contributed by atoms with Crippen LogP contribution in [0.3, 0.4) is 0 Å². The largest absolute Gasteiger partial charge is 0.392 e. The number of aromatic nitrogens is 3. The van der Waals surface area contributed by atoms with E-state index in [2.05, 4.69) is 22.3 Å². The summed E-state index contributed by atoms with van der Waals surface area (Å²) in [4.78, 5) is 0. The van der Waals surface area contributed by atoms with Crippen LogP contribution >= 0.6 is 11.8 Å². The highest BCUT2D eigenvalue weighted by Gasteiger charge is 2.13. The van der Waals surface area contributed by atoms with Gasteiger partial charge in [0.2, 0.25) is 0 Å². The summed E-state index contributed by atoms with van der Waals surface area (Å²) in [5.41, 5.74) is 6.90. The third-order valence-corrected chi connectivity index (χ3v) is 4.15. The van der Waals surface area contributed by atoms with Gasteiger partial charge in [-0.25, -0.2) is 0 Å². The van der Waals surface area contributed by atoms with E-state index in [4.69, 9.17) is 5.73 Å². The van der Waals surface area contributed by atoms with Gasteiger partial charge in [-0.1, -0.05) is 49.0 Å². The maximum atomic E-state index is 9.66. The van der Waals surface area contributed by atoms with Gasteiger partial charge in [0.25, 0.3) is 0 Å². The Bertz CT molecular complexity index is 529. The Morgan fingerprint density at radius 1 is 1.30 bits per heavy atom. The van der Waals surface area contributed by atoms with Gasteiger partial charge in [0.15, 0.2) is 5.16 Å². The van der Waals surface area contributed by atoms with Gasteiger partial charge >= 0.3 is 0 Å². The third kappa shape index (κ3) is 3.82. The minimum Gasteiger partial charge on any atom is -0.392 e. The fourth-order valence-corrected chi connectivity index (χ4v) is 2.79. The maximum absolute atomic E-state index is 9.66. The molecule has 0 aliphatic rings. The van der Waals surface area contributed by atoms with E-state index in [0.29, 0.717) is 18.8 Å². The van der Waals surface area contributed by atoms with Crippen molar-refractivity contribution in [3.63, 3.8) is 0 Å². The molecule has 6 heteroatoms. The molecule has 0 spiro atoms. The highest BCUT2D eigenvalue weighted by molar-refractivity contribution is 7.99. The lowest BCUT2D eigenvalue weighted by Crippen LogP contribution is -2.12. The van der Waals surface area contributed by atoms with Crippen LogP contribution in [-0.2, 0) is 13.1 Å². The van der Waals surface area contributed by atoms with E-state index in [9.17, 15) is 5.11 Å². The molecule has 5 nitrogen and oxygen atoms in total. The number of thioether (sulfide) groups is 1. The van der Waals surface area contributed by atoms with Crippen LogP contribution in [0.25, 0.3) is 0 Å². The second-order valence-electron chi connectivity index (χ2n) is 4.55. The average Bonchev–Trinajstić information content (AvgIpc) is 2.87. The molecule has 2 rings (SSSR count). The Labute approximate surface area is 123 Å². The van der Waals surface area contributed by atoms with Gasteiger partial charge in [0, 0.05) is 5.75 Å². The quantitative estimate of drug-likeness (QED) is 0.759. The average molecular weight is 292 g/mol. The zero-order valence-electron chi connectivity index (χ0n) is 11.6. The standard InChI is InChI=1S/C14H20N4OS/c1-2-12(19)10-20-14-17-16-13(8-15)18(14)9-11-6-4-3-5-7-11/h3-7,12,19H,2,8-10,15H2,1H3/t12-/m1/s1. The molecule has 0 radical (unpaired) electrons. The topological polar surface area (TPSA) is 77.0 Å². The molecule has 1 aromatic heterocycles. The van der Waals surface area contributed by atoms with Gasteiger partial charge in [-0.2, -0.15) is 0 Å². The molecule has 0 fully saturated rings. The number of nitrogens with zero attached hydrogens (tertiary/aromatic N) is 3. The van der Waals surface area contributed by atoms with E-state index in [-0.39, 0.29) is 6.10 Å². The second kappa shape index (κ2) is 7.42. The summed E-state index contributed by atoms with van der Waals surface area (Å²) < 4.78 is 2.02. The minimum atomic E-state index is -0.316. The van der Waals surface area contributed by atoms with Crippen molar-refractivity contribution in [1.29, 1.82) is 0 Å². The lowest BCUT2D eigenvalue weighted by Gasteiger charge is -2.10. The fourth-order valence-electron chi connectivity index (χ4n) is 1.79. The van der Waals surface area contributed by atoms with Crippen LogP contribution < -0.4 is 5.73 Å². The molecule has 1 atom stereocenters. The van der Waals surface area contributed by atoms with Crippen molar-refractivity contribution in [3.05, 3.63) is 41.7 Å². The lowest BCUT2D eigenvalue weighted by molar-refractivity contribution is 0.195. The summed E-state index contributed by atoms with van der Waals surface area (Å²) in [6.45, 7) is 3.02. The van der Waals surface area contributed by atoms with Gasteiger partial charge in [-0.3, -0.25) is 0 Å². The summed E-state index contributed by atoms with van der Waals surface area (Å²) in [7, 11) is 0. The fraction of sp³-hybridized carbons (Fsp3) is 0.429. The Hall–Kier alpha value is -1.37. The minimum absolute atomic E-state index is 0.316. The first-order chi connectivity index (χ1) is 9.74. The first-order valence-electron chi connectivity index (χ1n) is 6.71. The van der Waals surface area contributed by atoms with E-state index >= 15 is 0 Å². The molecular weight excluding hydrogens is 272 g/mol. The molecule has 0 saturated carbocycles. The zero-order valence-corrected chi connectivity index (χ0v) is 12.4. The first kappa shape index (κ1) is 15.0. The SMILES string of the molecule is CC[C@@H](O)CSc1nnc(CN)n1Cc1ccccc1. The van der Waals surface area contributed by atoms with E-state index in [1.807, 2.05) is 29.7 Å². The third-order valence-electron chi connectivity index (χ3n) is 3.04. The molecule has 0 aliphatic heterocycles. The van der Waals surface area contributed by atoms with E-state index in [1.54, 1.807) is 0 Å². The predicted molar refractivity (Wildman–Crippen MR) is 80.5 cm³/mol. The lowest BCUT2D eigenvalue weighted by atomic mass is 10.2. The zero-order chi connectivity index (χ0) is 14.4. The van der Waals surface area contributed by atoms with Gasteiger partial charge in [0.05, 0.1) is 19.2 Å². The van der Waals surface area contributed by atoms with Crippen molar-refractivity contribution in [2.24, 2.45) is 5.73 Å². The molecule has 0 bridgehead atoms. The van der Waals surface area contributed by atoms with Crippen LogP contribution in [0.1, 0.15) is 24.7 Å². The van der Waals surface area contributed by atoms with E-state index in [0.717, 1.165) is 17.4 Å². The summed E-state index contributed by atoms with van der Waals surface area (Å²) in [5.74, 6) is 1.39. The number of aliphatic hydroxyl groups excluding tert-OH is 1. The monoisotopic (exact) mass is 292 g/mol. The van der Waals surface area contributed by atoms with Gasteiger partial charge < -0.3 is 15.4 Å². The number of nitrogens with two attached hydrogens (primary N) is 1. The van der Waals surface area contributed by atoms with Crippen molar-refractivity contribution in [2.45, 2.75) is 37.7 Å². The van der Waals surface area contributed by atoms with E-state index < -0.39 is 0 Å². The predicted octanol–water partition coefficient (Wildman–Crippen LogP) is 1.65. The van der Waals surface area contributed by atoms with Crippen molar-refractivity contribution in [2.75, 3.05) is 5.75 Å². The molecule has 0 saturated heterocycles. The van der Waals surface area contributed by atoms with Gasteiger partial charge in [0.1, 0.15) is 5.82 Å². The Morgan fingerprint density at radius 3 is 2.70 bits per heavy atom. The summed E-state index contributed by atoms with van der Waals surface area (Å²) >= 11 is 1.52. The number of rotatable bonds is 7. The molecule has 1 aromatic carbocycles. The van der Waals surface area contributed by atoms with Crippen molar-refractivity contribution in [1.82, 2.24) is 14.8 Å². The van der Waals surface area contributed by atoms with Crippen LogP contribution in [0.2, 0.25) is 0 Å². The second-order valence-corrected chi connectivity index (χ2v) is 5.53. The molecule has 3 N–H and O–H groups in total. The normalized spacial score (nSPS) is 12.6. The number of aliphatic hydroxyl groups is 1. The van der Waals surface area contributed by atoms with Gasteiger partial charge in [-0.15, -0.1) is 10.2 Å². The van der Waals surface area contributed by atoms with E-state index in [1.165, 1.54) is 17.3 Å². The van der Waals surface area contributed by atoms with Crippen LogP contribution in [0.4, 0.5) is 0 Å². The summed E-state index contributed by atoms with van der Waals surface area (Å²) in [6.07, 6.45) is 0.423. The molecule has 0 aliphatic carbocycles. The first-order valence-corrected chi connectivity index (χ1v) is 7.70. The Morgan fingerprint density at radius 2 is 2.05 bits per heavy atom. The van der Waals surface area contributed by atoms with Crippen LogP contribution in [-0.4, -0.2) is 31.7 Å². The molecule has 2 aromatic rings. The molecule has 20 heavy (non-hydrogen) atoms. The van der Waals surface area contributed by atoms with Crippen molar-refractivity contribution in [3.8, 4) is 0 Å². The van der Waals surface area contributed by atoms with Crippen molar-refractivity contribution < 1.29 is 5.11 Å². The summed E-state index contributed by atoms with van der Waals surface area (Å²) in [5, 5.41) is 18.8. The van der Waals surface area contributed by atoms with Crippen LogP contribution in [0.15, 0.2) is 35.5 Å². The summed E-state index contributed by atoms with van der Waals surface area (Å²) in [6, 6.07) is 10.1. The highest BCUT2D eigenvalue weighted by Crippen LogP contribution is 2.20. The van der Waals surface area contributed by atoms with Crippen LogP contribution in [0.5, 0.6) is 0 Å². The number of hydrogen-bond donors (Lipinski definition) is 2. The smallest absolute Gasteiger partial charge is 0.191 e. The molecule has 1 heterocycles. The molecule has 0 amide bonds.